The number of hydrogen-bond acceptors (Lipinski definition) is 4. The van der Waals surface area contributed by atoms with Crippen LogP contribution in [0.1, 0.15) is 5.56 Å². The summed E-state index contributed by atoms with van der Waals surface area (Å²) in [7, 11) is 1.66. The molecule has 0 fully saturated rings. The molecular formula is C8H9N3O2. The van der Waals surface area contributed by atoms with E-state index in [2.05, 4.69) is 10.5 Å². The number of benzene rings is 1. The molecule has 0 aliphatic rings. The van der Waals surface area contributed by atoms with Crippen molar-refractivity contribution < 1.29 is 4.92 Å². The number of hydrogen-bond donors (Lipinski definition) is 1. The quantitative estimate of drug-likeness (QED) is 0.430. The molecule has 0 saturated carbocycles. The van der Waals surface area contributed by atoms with Crippen molar-refractivity contribution in [2.24, 2.45) is 5.10 Å². The van der Waals surface area contributed by atoms with Gasteiger partial charge in [-0.1, -0.05) is 12.1 Å². The molecule has 0 aromatic heterocycles. The molecule has 0 amide bonds. The van der Waals surface area contributed by atoms with Crippen molar-refractivity contribution in [2.45, 2.75) is 0 Å². The molecular weight excluding hydrogens is 170 g/mol. The molecule has 0 atom stereocenters. The van der Waals surface area contributed by atoms with Gasteiger partial charge in [-0.15, -0.1) is 0 Å². The third-order valence-corrected chi connectivity index (χ3v) is 1.42. The van der Waals surface area contributed by atoms with Crippen molar-refractivity contribution >= 4 is 11.9 Å². The van der Waals surface area contributed by atoms with E-state index in [9.17, 15) is 10.1 Å². The van der Waals surface area contributed by atoms with E-state index in [4.69, 9.17) is 0 Å². The minimum absolute atomic E-state index is 0.0695. The van der Waals surface area contributed by atoms with Gasteiger partial charge in [0, 0.05) is 24.7 Å². The SMILES string of the molecule is CNN=Cc1cccc([N+](=O)[O-])c1. The topological polar surface area (TPSA) is 67.5 Å². The average Bonchev–Trinajstić information content (AvgIpc) is 2.15. The maximum Gasteiger partial charge on any atom is 0.270 e. The van der Waals surface area contributed by atoms with Crippen LogP contribution < -0.4 is 5.43 Å². The predicted octanol–water partition coefficient (Wildman–Crippen LogP) is 1.15. The Morgan fingerprint density at radius 3 is 3.00 bits per heavy atom. The molecule has 5 heteroatoms. The fourth-order valence-electron chi connectivity index (χ4n) is 0.858. The molecule has 0 radical (unpaired) electrons. The number of hydrazone groups is 1. The molecule has 0 spiro atoms. The molecule has 0 unspecified atom stereocenters. The third kappa shape index (κ3) is 2.55. The van der Waals surface area contributed by atoms with Crippen LogP contribution in [0, 0.1) is 10.1 Å². The van der Waals surface area contributed by atoms with E-state index in [1.807, 2.05) is 0 Å². The van der Waals surface area contributed by atoms with Crippen LogP contribution in [0.2, 0.25) is 0 Å². The Labute approximate surface area is 75.2 Å². The van der Waals surface area contributed by atoms with E-state index >= 15 is 0 Å². The number of nitro groups is 1. The average molecular weight is 179 g/mol. The third-order valence-electron chi connectivity index (χ3n) is 1.42. The molecule has 1 N–H and O–H groups in total. The van der Waals surface area contributed by atoms with Crippen LogP contribution >= 0.6 is 0 Å². The lowest BCUT2D eigenvalue weighted by Crippen LogP contribution is -1.95. The van der Waals surface area contributed by atoms with E-state index in [0.29, 0.717) is 5.56 Å². The number of non-ortho nitro benzene ring substituents is 1. The first-order chi connectivity index (χ1) is 6.24. The molecule has 0 aliphatic carbocycles. The van der Waals surface area contributed by atoms with Crippen molar-refractivity contribution in [1.29, 1.82) is 0 Å². The van der Waals surface area contributed by atoms with Gasteiger partial charge in [-0.3, -0.25) is 10.1 Å². The first-order valence-corrected chi connectivity index (χ1v) is 3.68. The fourth-order valence-corrected chi connectivity index (χ4v) is 0.858. The summed E-state index contributed by atoms with van der Waals surface area (Å²) in [5.41, 5.74) is 3.33. The second kappa shape index (κ2) is 4.20. The second-order valence-electron chi connectivity index (χ2n) is 2.33. The molecule has 13 heavy (non-hydrogen) atoms. The molecule has 1 aromatic carbocycles. The van der Waals surface area contributed by atoms with Crippen molar-refractivity contribution in [3.8, 4) is 0 Å². The zero-order valence-electron chi connectivity index (χ0n) is 7.10. The van der Waals surface area contributed by atoms with E-state index < -0.39 is 4.92 Å². The van der Waals surface area contributed by atoms with Crippen molar-refractivity contribution in [3.63, 3.8) is 0 Å². The maximum absolute atomic E-state index is 10.4. The van der Waals surface area contributed by atoms with Crippen molar-refractivity contribution in [2.75, 3.05) is 7.05 Å². The molecule has 5 nitrogen and oxygen atoms in total. The first kappa shape index (κ1) is 9.18. The van der Waals surface area contributed by atoms with Gasteiger partial charge in [0.15, 0.2) is 0 Å². The lowest BCUT2D eigenvalue weighted by atomic mass is 10.2. The number of nitrogens with zero attached hydrogens (tertiary/aromatic N) is 2. The highest BCUT2D eigenvalue weighted by molar-refractivity contribution is 5.80. The smallest absolute Gasteiger partial charge is 0.270 e. The minimum Gasteiger partial charge on any atom is -0.313 e. The van der Waals surface area contributed by atoms with E-state index in [1.54, 1.807) is 19.2 Å². The first-order valence-electron chi connectivity index (χ1n) is 3.68. The summed E-state index contributed by atoms with van der Waals surface area (Å²) >= 11 is 0. The summed E-state index contributed by atoms with van der Waals surface area (Å²) in [5.74, 6) is 0. The van der Waals surface area contributed by atoms with E-state index in [0.717, 1.165) is 0 Å². The van der Waals surface area contributed by atoms with Crippen molar-refractivity contribution in [1.82, 2.24) is 5.43 Å². The van der Waals surface area contributed by atoms with Crippen LogP contribution in [0.3, 0.4) is 0 Å². The van der Waals surface area contributed by atoms with Crippen LogP contribution in [0.5, 0.6) is 0 Å². The monoisotopic (exact) mass is 179 g/mol. The van der Waals surface area contributed by atoms with Crippen LogP contribution in [0.15, 0.2) is 29.4 Å². The van der Waals surface area contributed by atoms with Gasteiger partial charge in [-0.25, -0.2) is 0 Å². The Morgan fingerprint density at radius 1 is 1.62 bits per heavy atom. The Hall–Kier alpha value is -1.91. The summed E-state index contributed by atoms with van der Waals surface area (Å²) in [5, 5.41) is 14.1. The lowest BCUT2D eigenvalue weighted by molar-refractivity contribution is -0.384. The zero-order valence-corrected chi connectivity index (χ0v) is 7.10. The minimum atomic E-state index is -0.434. The Morgan fingerprint density at radius 2 is 2.38 bits per heavy atom. The summed E-state index contributed by atoms with van der Waals surface area (Å²) < 4.78 is 0. The van der Waals surface area contributed by atoms with Gasteiger partial charge in [-0.05, 0) is 0 Å². The lowest BCUT2D eigenvalue weighted by Gasteiger charge is -1.93. The molecule has 68 valence electrons. The van der Waals surface area contributed by atoms with Gasteiger partial charge in [0.05, 0.1) is 11.1 Å². The van der Waals surface area contributed by atoms with Gasteiger partial charge >= 0.3 is 0 Å². The summed E-state index contributed by atoms with van der Waals surface area (Å²) in [6.07, 6.45) is 1.52. The largest absolute Gasteiger partial charge is 0.313 e. The standard InChI is InChI=1S/C8H9N3O2/c1-9-10-6-7-3-2-4-8(5-7)11(12)13/h2-6,9H,1H3. The number of nitrogens with one attached hydrogen (secondary N) is 1. The molecule has 0 heterocycles. The van der Waals surface area contributed by atoms with Gasteiger partial charge < -0.3 is 5.43 Å². The summed E-state index contributed by atoms with van der Waals surface area (Å²) in [4.78, 5) is 9.94. The molecule has 1 rings (SSSR count). The van der Waals surface area contributed by atoms with Gasteiger partial charge in [0.1, 0.15) is 0 Å². The van der Waals surface area contributed by atoms with Crippen LogP contribution in [0.4, 0.5) is 5.69 Å². The zero-order chi connectivity index (χ0) is 9.68. The number of nitro benzene ring substituents is 1. The van der Waals surface area contributed by atoms with Gasteiger partial charge in [0.2, 0.25) is 0 Å². The molecule has 1 aromatic rings. The fraction of sp³-hybridized carbons (Fsp3) is 0.125. The van der Waals surface area contributed by atoms with E-state index in [1.165, 1.54) is 18.3 Å². The summed E-state index contributed by atoms with van der Waals surface area (Å²) in [6.45, 7) is 0. The van der Waals surface area contributed by atoms with Crippen LogP contribution in [0.25, 0.3) is 0 Å². The Bertz CT molecular complexity index is 336. The highest BCUT2D eigenvalue weighted by Crippen LogP contribution is 2.11. The van der Waals surface area contributed by atoms with E-state index in [-0.39, 0.29) is 5.69 Å². The van der Waals surface area contributed by atoms with Crippen LogP contribution in [-0.4, -0.2) is 18.2 Å². The Kier molecular flexibility index (Phi) is 2.97. The Balaban J connectivity index is 2.92. The van der Waals surface area contributed by atoms with Gasteiger partial charge in [0.25, 0.3) is 5.69 Å². The maximum atomic E-state index is 10.4. The highest BCUT2D eigenvalue weighted by atomic mass is 16.6. The molecule has 0 aliphatic heterocycles. The number of rotatable bonds is 3. The molecule has 0 saturated heterocycles. The second-order valence-corrected chi connectivity index (χ2v) is 2.33. The van der Waals surface area contributed by atoms with Gasteiger partial charge in [-0.2, -0.15) is 5.10 Å². The van der Waals surface area contributed by atoms with Crippen molar-refractivity contribution in [3.05, 3.63) is 39.9 Å². The predicted molar refractivity (Wildman–Crippen MR) is 49.8 cm³/mol. The summed E-state index contributed by atoms with van der Waals surface area (Å²) in [6, 6.07) is 6.26. The highest BCUT2D eigenvalue weighted by Gasteiger charge is 2.03. The molecule has 0 bridgehead atoms. The normalized spacial score (nSPS) is 10.2. The van der Waals surface area contributed by atoms with Crippen LogP contribution in [-0.2, 0) is 0 Å².